The predicted octanol–water partition coefficient (Wildman–Crippen LogP) is 0.682. The Hall–Kier alpha value is -1.19. The molecule has 0 fully saturated rings. The quantitative estimate of drug-likeness (QED) is 0.538. The fourth-order valence-electron chi connectivity index (χ4n) is 0.607. The largest absolute Gasteiger partial charge is 0.373 e. The lowest BCUT2D eigenvalue weighted by Gasteiger charge is -2.10. The number of halogens is 1. The second kappa shape index (κ2) is 2.60. The highest BCUT2D eigenvalue weighted by Crippen LogP contribution is 2.10. The third kappa shape index (κ3) is 1.21. The lowest BCUT2D eigenvalue weighted by atomic mass is 10.5. The van der Waals surface area contributed by atoms with Crippen LogP contribution in [-0.2, 0) is 0 Å². The van der Waals surface area contributed by atoms with Gasteiger partial charge in [-0.15, -0.1) is 0 Å². The summed E-state index contributed by atoms with van der Waals surface area (Å²) in [5.41, 5.74) is 0.405. The molecule has 0 bridgehead atoms. The molecule has 0 aliphatic rings. The smallest absolute Gasteiger partial charge is 0.239 e. The van der Waals surface area contributed by atoms with Gasteiger partial charge >= 0.3 is 0 Å². The van der Waals surface area contributed by atoms with E-state index in [2.05, 4.69) is 9.97 Å². The fraction of sp³-hybridized carbons (Fsp3) is 0.333. The molecule has 0 radical (unpaired) electrons. The summed E-state index contributed by atoms with van der Waals surface area (Å²) in [7, 11) is 3.48. The first kappa shape index (κ1) is 6.92. The van der Waals surface area contributed by atoms with Gasteiger partial charge < -0.3 is 4.90 Å². The second-order valence-corrected chi connectivity index (χ2v) is 2.09. The van der Waals surface area contributed by atoms with Crippen LogP contribution in [0.2, 0.25) is 0 Å². The first-order valence-electron chi connectivity index (χ1n) is 2.84. The molecule has 4 heteroatoms. The Morgan fingerprint density at radius 3 is 2.60 bits per heavy atom. The molecule has 0 saturated heterocycles. The maximum Gasteiger partial charge on any atom is 0.239 e. The summed E-state index contributed by atoms with van der Waals surface area (Å²) >= 11 is 0. The monoisotopic (exact) mass is 141 g/mol. The minimum absolute atomic E-state index is 0.405. The number of nitrogens with zero attached hydrogens (tertiary/aromatic N) is 3. The van der Waals surface area contributed by atoms with Crippen LogP contribution in [0.5, 0.6) is 0 Å². The van der Waals surface area contributed by atoms with Crippen LogP contribution in [0.4, 0.5) is 10.1 Å². The lowest BCUT2D eigenvalue weighted by Crippen LogP contribution is -2.11. The molecule has 10 heavy (non-hydrogen) atoms. The van der Waals surface area contributed by atoms with E-state index in [0.29, 0.717) is 5.69 Å². The van der Waals surface area contributed by atoms with E-state index in [0.717, 1.165) is 0 Å². The number of hydrogen-bond donors (Lipinski definition) is 0. The Morgan fingerprint density at radius 1 is 1.50 bits per heavy atom. The van der Waals surface area contributed by atoms with Crippen molar-refractivity contribution in [2.75, 3.05) is 19.0 Å². The van der Waals surface area contributed by atoms with Gasteiger partial charge in [0.1, 0.15) is 12.0 Å². The molecule has 0 saturated carbocycles. The van der Waals surface area contributed by atoms with Gasteiger partial charge in [-0.25, -0.2) is 9.97 Å². The van der Waals surface area contributed by atoms with Gasteiger partial charge in [0.15, 0.2) is 0 Å². The molecule has 1 aromatic rings. The molecule has 0 atom stereocenters. The summed E-state index contributed by atoms with van der Waals surface area (Å²) in [5.74, 6) is -0.486. The van der Waals surface area contributed by atoms with Gasteiger partial charge in [0.05, 0.1) is 6.20 Å². The number of anilines is 1. The maximum absolute atomic E-state index is 12.6. The van der Waals surface area contributed by atoms with Gasteiger partial charge in [-0.05, 0) is 0 Å². The van der Waals surface area contributed by atoms with Crippen molar-refractivity contribution in [2.24, 2.45) is 0 Å². The second-order valence-electron chi connectivity index (χ2n) is 2.09. The van der Waals surface area contributed by atoms with Crippen molar-refractivity contribution >= 4 is 5.69 Å². The summed E-state index contributed by atoms with van der Waals surface area (Å²) in [6, 6.07) is 0. The summed E-state index contributed by atoms with van der Waals surface area (Å²) in [6.45, 7) is 0. The minimum atomic E-state index is -0.486. The maximum atomic E-state index is 12.6. The van der Waals surface area contributed by atoms with E-state index >= 15 is 0 Å². The van der Waals surface area contributed by atoms with Crippen molar-refractivity contribution < 1.29 is 4.39 Å². The molecular formula is C6H8FN3. The molecular weight excluding hydrogens is 133 g/mol. The molecule has 1 aromatic heterocycles. The van der Waals surface area contributed by atoms with Gasteiger partial charge in [-0.3, -0.25) is 0 Å². The van der Waals surface area contributed by atoms with Gasteiger partial charge in [0, 0.05) is 14.1 Å². The first-order valence-corrected chi connectivity index (χ1v) is 2.84. The summed E-state index contributed by atoms with van der Waals surface area (Å²) in [4.78, 5) is 8.68. The zero-order valence-electron chi connectivity index (χ0n) is 5.87. The van der Waals surface area contributed by atoms with Crippen LogP contribution in [0, 0.1) is 5.95 Å². The highest BCUT2D eigenvalue weighted by molar-refractivity contribution is 5.40. The van der Waals surface area contributed by atoms with Gasteiger partial charge in [0.2, 0.25) is 5.95 Å². The molecule has 0 unspecified atom stereocenters. The summed E-state index contributed by atoms with van der Waals surface area (Å²) < 4.78 is 12.6. The van der Waals surface area contributed by atoms with E-state index in [9.17, 15) is 4.39 Å². The molecule has 1 rings (SSSR count). The van der Waals surface area contributed by atoms with E-state index in [-0.39, 0.29) is 0 Å². The summed E-state index contributed by atoms with van der Waals surface area (Å²) in [5, 5.41) is 0. The molecule has 0 aliphatic carbocycles. The van der Waals surface area contributed by atoms with E-state index in [1.54, 1.807) is 19.0 Å². The predicted molar refractivity (Wildman–Crippen MR) is 36.3 cm³/mol. The van der Waals surface area contributed by atoms with Crippen molar-refractivity contribution in [3.8, 4) is 0 Å². The lowest BCUT2D eigenvalue weighted by molar-refractivity contribution is 0.578. The van der Waals surface area contributed by atoms with Crippen molar-refractivity contribution in [1.82, 2.24) is 9.97 Å². The highest BCUT2D eigenvalue weighted by Gasteiger charge is 2.02. The van der Waals surface area contributed by atoms with Gasteiger partial charge in [-0.1, -0.05) is 0 Å². The van der Waals surface area contributed by atoms with E-state index < -0.39 is 5.95 Å². The number of rotatable bonds is 1. The van der Waals surface area contributed by atoms with Gasteiger partial charge in [0.25, 0.3) is 0 Å². The average Bonchev–Trinajstić information content (AvgIpc) is 1.88. The molecule has 1 heterocycles. The standard InChI is InChI=1S/C6H8FN3/c1-10(2)5-3-8-4-9-6(5)7/h3-4H,1-2H3. The van der Waals surface area contributed by atoms with Crippen molar-refractivity contribution in [3.05, 3.63) is 18.5 Å². The summed E-state index contributed by atoms with van der Waals surface area (Å²) in [6.07, 6.45) is 2.62. The number of hydrogen-bond acceptors (Lipinski definition) is 3. The first-order chi connectivity index (χ1) is 4.72. The van der Waals surface area contributed by atoms with Gasteiger partial charge in [-0.2, -0.15) is 4.39 Å². The normalized spacial score (nSPS) is 9.50. The Kier molecular flexibility index (Phi) is 1.80. The molecule has 54 valence electrons. The van der Waals surface area contributed by atoms with Crippen molar-refractivity contribution in [2.45, 2.75) is 0 Å². The topological polar surface area (TPSA) is 29.0 Å². The Morgan fingerprint density at radius 2 is 2.20 bits per heavy atom. The molecule has 0 amide bonds. The average molecular weight is 141 g/mol. The fourth-order valence-corrected chi connectivity index (χ4v) is 0.607. The highest BCUT2D eigenvalue weighted by atomic mass is 19.1. The Balaban J connectivity index is 3.03. The molecule has 0 aromatic carbocycles. The van der Waals surface area contributed by atoms with Crippen molar-refractivity contribution in [3.63, 3.8) is 0 Å². The van der Waals surface area contributed by atoms with E-state index in [1.165, 1.54) is 12.5 Å². The van der Waals surface area contributed by atoms with E-state index in [1.807, 2.05) is 0 Å². The number of aromatic nitrogens is 2. The van der Waals surface area contributed by atoms with Crippen LogP contribution < -0.4 is 4.90 Å². The van der Waals surface area contributed by atoms with E-state index in [4.69, 9.17) is 0 Å². The van der Waals surface area contributed by atoms with Crippen LogP contribution in [0.3, 0.4) is 0 Å². The Bertz CT molecular complexity index is 224. The third-order valence-electron chi connectivity index (χ3n) is 1.13. The molecule has 0 aliphatic heterocycles. The SMILES string of the molecule is CN(C)c1cncnc1F. The zero-order chi connectivity index (χ0) is 7.56. The van der Waals surface area contributed by atoms with Crippen molar-refractivity contribution in [1.29, 1.82) is 0 Å². The third-order valence-corrected chi connectivity index (χ3v) is 1.13. The molecule has 0 N–H and O–H groups in total. The zero-order valence-corrected chi connectivity index (χ0v) is 5.87. The molecule has 0 spiro atoms. The van der Waals surface area contributed by atoms with Crippen LogP contribution in [0.1, 0.15) is 0 Å². The van der Waals surface area contributed by atoms with Crippen LogP contribution in [0.25, 0.3) is 0 Å². The molecule has 3 nitrogen and oxygen atoms in total. The minimum Gasteiger partial charge on any atom is -0.373 e. The van der Waals surface area contributed by atoms with Crippen LogP contribution >= 0.6 is 0 Å². The van der Waals surface area contributed by atoms with Crippen LogP contribution in [0.15, 0.2) is 12.5 Å². The van der Waals surface area contributed by atoms with Crippen LogP contribution in [-0.4, -0.2) is 24.1 Å². The Labute approximate surface area is 58.5 Å².